The molecule has 4 aliphatic rings. The molecule has 1 amide bonds. The molecule has 4 saturated carbocycles. The van der Waals surface area contributed by atoms with Crippen LogP contribution in [0.5, 0.6) is 0 Å². The Labute approximate surface area is 112 Å². The van der Waals surface area contributed by atoms with Crippen molar-refractivity contribution in [2.45, 2.75) is 51.0 Å². The van der Waals surface area contributed by atoms with Crippen LogP contribution in [-0.4, -0.2) is 21.6 Å². The minimum Gasteiger partial charge on any atom is -0.344 e. The minimum absolute atomic E-state index is 0.0143. The molecule has 1 aromatic heterocycles. The SMILES string of the molecule is Cc1nc(C(=O)NC23CC4CC(CC(C4)C2)C3)no1. The van der Waals surface area contributed by atoms with Gasteiger partial charge in [0.25, 0.3) is 11.7 Å². The van der Waals surface area contributed by atoms with Crippen molar-refractivity contribution in [2.75, 3.05) is 0 Å². The fourth-order valence-corrected chi connectivity index (χ4v) is 4.95. The Morgan fingerprint density at radius 2 is 1.79 bits per heavy atom. The van der Waals surface area contributed by atoms with Gasteiger partial charge in [0.15, 0.2) is 0 Å². The van der Waals surface area contributed by atoms with Crippen LogP contribution in [0.4, 0.5) is 0 Å². The summed E-state index contributed by atoms with van der Waals surface area (Å²) in [5.41, 5.74) is 0.0143. The lowest BCUT2D eigenvalue weighted by Gasteiger charge is -2.56. The molecule has 4 fully saturated rings. The molecule has 0 unspecified atom stereocenters. The predicted octanol–water partition coefficient (Wildman–Crippen LogP) is 2.08. The Morgan fingerprint density at radius 3 is 2.26 bits per heavy atom. The number of carbonyl (C=O) groups is 1. The third-order valence-electron chi connectivity index (χ3n) is 5.15. The Morgan fingerprint density at radius 1 is 1.21 bits per heavy atom. The maximum atomic E-state index is 12.2. The zero-order valence-electron chi connectivity index (χ0n) is 11.2. The van der Waals surface area contributed by atoms with Crippen molar-refractivity contribution in [2.24, 2.45) is 17.8 Å². The zero-order valence-corrected chi connectivity index (χ0v) is 11.2. The van der Waals surface area contributed by atoms with Crippen molar-refractivity contribution in [1.82, 2.24) is 15.5 Å². The smallest absolute Gasteiger partial charge is 0.293 e. The highest BCUT2D eigenvalue weighted by molar-refractivity contribution is 5.90. The van der Waals surface area contributed by atoms with Crippen LogP contribution in [0, 0.1) is 24.7 Å². The molecule has 5 nitrogen and oxygen atoms in total. The van der Waals surface area contributed by atoms with Crippen LogP contribution in [0.2, 0.25) is 0 Å². The fourth-order valence-electron chi connectivity index (χ4n) is 4.95. The van der Waals surface area contributed by atoms with Gasteiger partial charge in [-0.05, 0) is 56.3 Å². The van der Waals surface area contributed by atoms with Gasteiger partial charge in [0.05, 0.1) is 0 Å². The summed E-state index contributed by atoms with van der Waals surface area (Å²) in [5.74, 6) is 2.90. The van der Waals surface area contributed by atoms with Gasteiger partial charge in [-0.3, -0.25) is 4.79 Å². The van der Waals surface area contributed by atoms with E-state index in [1.165, 1.54) is 19.3 Å². The first-order chi connectivity index (χ1) is 9.12. The monoisotopic (exact) mass is 261 g/mol. The fraction of sp³-hybridized carbons (Fsp3) is 0.786. The normalized spacial score (nSPS) is 39.5. The van der Waals surface area contributed by atoms with E-state index >= 15 is 0 Å². The number of hydrogen-bond donors (Lipinski definition) is 1. The van der Waals surface area contributed by atoms with E-state index in [2.05, 4.69) is 15.5 Å². The summed E-state index contributed by atoms with van der Waals surface area (Å²) in [5, 5.41) is 6.95. The number of aromatic nitrogens is 2. The second-order valence-electron chi connectivity index (χ2n) is 6.79. The molecule has 1 aromatic rings. The van der Waals surface area contributed by atoms with Gasteiger partial charge in [0.2, 0.25) is 5.89 Å². The van der Waals surface area contributed by atoms with Crippen LogP contribution < -0.4 is 5.32 Å². The van der Waals surface area contributed by atoms with Crippen LogP contribution in [0.3, 0.4) is 0 Å². The van der Waals surface area contributed by atoms with E-state index in [1.54, 1.807) is 6.92 Å². The first kappa shape index (κ1) is 11.4. The molecule has 5 heteroatoms. The van der Waals surface area contributed by atoms with Gasteiger partial charge in [-0.2, -0.15) is 4.98 Å². The molecule has 4 aliphatic carbocycles. The van der Waals surface area contributed by atoms with Crippen LogP contribution >= 0.6 is 0 Å². The molecule has 102 valence electrons. The lowest BCUT2D eigenvalue weighted by molar-refractivity contribution is -0.0169. The summed E-state index contributed by atoms with van der Waals surface area (Å²) in [7, 11) is 0. The van der Waals surface area contributed by atoms with Crippen LogP contribution in [0.15, 0.2) is 4.52 Å². The largest absolute Gasteiger partial charge is 0.344 e. The Bertz CT molecular complexity index is 487. The van der Waals surface area contributed by atoms with Gasteiger partial charge in [-0.1, -0.05) is 5.16 Å². The molecule has 5 rings (SSSR count). The number of aryl methyl sites for hydroxylation is 1. The van der Waals surface area contributed by atoms with E-state index in [0.29, 0.717) is 5.89 Å². The third kappa shape index (κ3) is 1.86. The lowest BCUT2D eigenvalue weighted by atomic mass is 9.53. The molecule has 1 N–H and O–H groups in total. The minimum atomic E-state index is -0.168. The number of rotatable bonds is 2. The molecule has 4 bridgehead atoms. The number of hydrogen-bond acceptors (Lipinski definition) is 4. The van der Waals surface area contributed by atoms with Gasteiger partial charge in [-0.15, -0.1) is 0 Å². The highest BCUT2D eigenvalue weighted by Crippen LogP contribution is 2.55. The number of nitrogens with one attached hydrogen (secondary N) is 1. The summed E-state index contributed by atoms with van der Waals surface area (Å²) in [6, 6.07) is 0. The molecule has 0 saturated heterocycles. The van der Waals surface area contributed by atoms with Crippen LogP contribution in [0.25, 0.3) is 0 Å². The first-order valence-electron chi connectivity index (χ1n) is 7.25. The molecular formula is C14H19N3O2. The van der Waals surface area contributed by atoms with Crippen LogP contribution in [-0.2, 0) is 0 Å². The molecule has 0 aliphatic heterocycles. The van der Waals surface area contributed by atoms with Gasteiger partial charge in [-0.25, -0.2) is 0 Å². The Kier molecular flexibility index (Phi) is 2.29. The van der Waals surface area contributed by atoms with Gasteiger partial charge in [0.1, 0.15) is 0 Å². The molecule has 0 radical (unpaired) electrons. The quantitative estimate of drug-likeness (QED) is 0.885. The van der Waals surface area contributed by atoms with E-state index in [0.717, 1.165) is 37.0 Å². The Hall–Kier alpha value is -1.39. The molecule has 0 atom stereocenters. The number of amides is 1. The van der Waals surface area contributed by atoms with Gasteiger partial charge >= 0.3 is 0 Å². The third-order valence-corrected chi connectivity index (χ3v) is 5.15. The average molecular weight is 261 g/mol. The molecule has 19 heavy (non-hydrogen) atoms. The number of nitrogens with zero attached hydrogens (tertiary/aromatic N) is 2. The predicted molar refractivity (Wildman–Crippen MR) is 67.4 cm³/mol. The molecule has 0 aromatic carbocycles. The van der Waals surface area contributed by atoms with Crippen LogP contribution in [0.1, 0.15) is 55.0 Å². The maximum Gasteiger partial charge on any atom is 0.293 e. The lowest BCUT2D eigenvalue weighted by Crippen LogP contribution is -2.59. The maximum absolute atomic E-state index is 12.2. The second kappa shape index (κ2) is 3.81. The molecule has 1 heterocycles. The summed E-state index contributed by atoms with van der Waals surface area (Å²) in [6.07, 6.45) is 7.54. The Balaban J connectivity index is 1.54. The highest BCUT2D eigenvalue weighted by atomic mass is 16.5. The summed E-state index contributed by atoms with van der Waals surface area (Å²) >= 11 is 0. The van der Waals surface area contributed by atoms with E-state index in [4.69, 9.17) is 4.52 Å². The van der Waals surface area contributed by atoms with Crippen molar-refractivity contribution < 1.29 is 9.32 Å². The topological polar surface area (TPSA) is 68.0 Å². The van der Waals surface area contributed by atoms with Crippen molar-refractivity contribution in [3.63, 3.8) is 0 Å². The van der Waals surface area contributed by atoms with Crippen molar-refractivity contribution in [1.29, 1.82) is 0 Å². The molecule has 0 spiro atoms. The van der Waals surface area contributed by atoms with Gasteiger partial charge in [0, 0.05) is 12.5 Å². The van der Waals surface area contributed by atoms with E-state index in [9.17, 15) is 4.79 Å². The second-order valence-corrected chi connectivity index (χ2v) is 6.79. The van der Waals surface area contributed by atoms with Crippen molar-refractivity contribution >= 4 is 5.91 Å². The number of carbonyl (C=O) groups excluding carboxylic acids is 1. The van der Waals surface area contributed by atoms with E-state index in [-0.39, 0.29) is 17.3 Å². The van der Waals surface area contributed by atoms with Crippen molar-refractivity contribution in [3.05, 3.63) is 11.7 Å². The van der Waals surface area contributed by atoms with E-state index in [1.807, 2.05) is 0 Å². The van der Waals surface area contributed by atoms with Crippen molar-refractivity contribution in [3.8, 4) is 0 Å². The molecular weight excluding hydrogens is 242 g/mol. The standard InChI is InChI=1S/C14H19N3O2/c1-8-15-12(17-19-8)13(18)16-14-5-9-2-10(6-14)4-11(3-9)7-14/h9-11H,2-7H2,1H3,(H,16,18). The summed E-state index contributed by atoms with van der Waals surface area (Å²) in [6.45, 7) is 1.70. The summed E-state index contributed by atoms with van der Waals surface area (Å²) < 4.78 is 4.88. The van der Waals surface area contributed by atoms with E-state index < -0.39 is 0 Å². The first-order valence-corrected chi connectivity index (χ1v) is 7.25. The van der Waals surface area contributed by atoms with Gasteiger partial charge < -0.3 is 9.84 Å². The summed E-state index contributed by atoms with van der Waals surface area (Å²) in [4.78, 5) is 16.3. The highest BCUT2D eigenvalue weighted by Gasteiger charge is 2.51. The average Bonchev–Trinajstić information content (AvgIpc) is 2.73. The zero-order chi connectivity index (χ0) is 13.0.